The van der Waals surface area contributed by atoms with E-state index >= 15 is 0 Å². The summed E-state index contributed by atoms with van der Waals surface area (Å²) in [4.78, 5) is 10.5. The van der Waals surface area contributed by atoms with Crippen molar-refractivity contribution in [2.45, 2.75) is 11.9 Å². The number of alkyl halides is 1. The summed E-state index contributed by atoms with van der Waals surface area (Å²) in [7, 11) is 0. The molecule has 7 heteroatoms. The van der Waals surface area contributed by atoms with Crippen LogP contribution in [0.4, 0.5) is 10.1 Å². The molecule has 0 bridgehead atoms. The van der Waals surface area contributed by atoms with Gasteiger partial charge in [-0.2, -0.15) is 0 Å². The fourth-order valence-corrected chi connectivity index (χ4v) is 2.47. The highest BCUT2D eigenvalue weighted by molar-refractivity contribution is 9.08. The molecule has 21 heavy (non-hydrogen) atoms. The summed E-state index contributed by atoms with van der Waals surface area (Å²) in [5, 5.41) is 11.7. The molecule has 0 N–H and O–H groups in total. The van der Waals surface area contributed by atoms with Gasteiger partial charge in [0.2, 0.25) is 0 Å². The highest BCUT2D eigenvalue weighted by Gasteiger charge is 2.17. The normalized spacial score (nSPS) is 10.4. The molecule has 110 valence electrons. The summed E-state index contributed by atoms with van der Waals surface area (Å²) in [6, 6.07) is 8.51. The number of ether oxygens (including phenoxy) is 1. The lowest BCUT2D eigenvalue weighted by Crippen LogP contribution is -2.03. The number of halogens is 3. The van der Waals surface area contributed by atoms with Crippen LogP contribution in [0.1, 0.15) is 11.1 Å². The van der Waals surface area contributed by atoms with Crippen LogP contribution in [0, 0.1) is 15.9 Å². The Morgan fingerprint density at radius 3 is 2.76 bits per heavy atom. The molecule has 2 rings (SSSR count). The van der Waals surface area contributed by atoms with E-state index in [2.05, 4.69) is 15.9 Å². The van der Waals surface area contributed by atoms with Gasteiger partial charge in [-0.3, -0.25) is 10.1 Å². The van der Waals surface area contributed by atoms with Crippen molar-refractivity contribution < 1.29 is 14.1 Å². The monoisotopic (exact) mass is 373 g/mol. The van der Waals surface area contributed by atoms with Crippen LogP contribution < -0.4 is 4.74 Å². The van der Waals surface area contributed by atoms with E-state index < -0.39 is 4.92 Å². The predicted octanol–water partition coefficient (Wildman–Crippen LogP) is 4.86. The first-order valence-electron chi connectivity index (χ1n) is 5.92. The number of hydrogen-bond donors (Lipinski definition) is 0. The second-order valence-corrected chi connectivity index (χ2v) is 5.14. The van der Waals surface area contributed by atoms with Crippen molar-refractivity contribution in [2.24, 2.45) is 0 Å². The minimum atomic E-state index is -0.513. The van der Waals surface area contributed by atoms with E-state index in [0.717, 1.165) is 0 Å². The molecule has 0 spiro atoms. The van der Waals surface area contributed by atoms with Gasteiger partial charge >= 0.3 is 0 Å². The van der Waals surface area contributed by atoms with Gasteiger partial charge in [-0.25, -0.2) is 4.39 Å². The average Bonchev–Trinajstić information content (AvgIpc) is 2.46. The van der Waals surface area contributed by atoms with Crippen molar-refractivity contribution in [2.75, 3.05) is 0 Å². The molecule has 0 fully saturated rings. The lowest BCUT2D eigenvalue weighted by atomic mass is 10.2. The number of hydrogen-bond acceptors (Lipinski definition) is 3. The highest BCUT2D eigenvalue weighted by Crippen LogP contribution is 2.29. The Morgan fingerprint density at radius 1 is 1.33 bits per heavy atom. The predicted molar refractivity (Wildman–Crippen MR) is 81.5 cm³/mol. The van der Waals surface area contributed by atoms with Crippen LogP contribution in [-0.2, 0) is 11.9 Å². The Bertz CT molecular complexity index is 681. The first-order chi connectivity index (χ1) is 10.0. The third kappa shape index (κ3) is 3.71. The highest BCUT2D eigenvalue weighted by atomic mass is 79.9. The van der Waals surface area contributed by atoms with Crippen LogP contribution in [0.15, 0.2) is 36.4 Å². The van der Waals surface area contributed by atoms with E-state index in [1.165, 1.54) is 30.3 Å². The van der Waals surface area contributed by atoms with Crippen LogP contribution in [0.2, 0.25) is 5.02 Å². The Balaban J connectivity index is 2.27. The SMILES string of the molecule is O=[N+]([O-])c1cccc(Cl)c1COc1ccc(F)cc1CBr. The fourth-order valence-electron chi connectivity index (χ4n) is 1.80. The van der Waals surface area contributed by atoms with Crippen molar-refractivity contribution in [3.05, 3.63) is 68.5 Å². The van der Waals surface area contributed by atoms with Gasteiger partial charge < -0.3 is 4.74 Å². The summed E-state index contributed by atoms with van der Waals surface area (Å²) >= 11 is 9.22. The van der Waals surface area contributed by atoms with Crippen molar-refractivity contribution in [3.8, 4) is 5.75 Å². The maximum Gasteiger partial charge on any atom is 0.277 e. The van der Waals surface area contributed by atoms with E-state index in [1.54, 1.807) is 6.07 Å². The standard InChI is InChI=1S/C14H10BrClFNO3/c15-7-9-6-10(17)4-5-14(9)21-8-11-12(16)2-1-3-13(11)18(19)20/h1-6H,7-8H2. The average molecular weight is 375 g/mol. The van der Waals surface area contributed by atoms with Gasteiger partial charge in [0.15, 0.2) is 0 Å². The lowest BCUT2D eigenvalue weighted by Gasteiger charge is -2.11. The molecule has 0 unspecified atom stereocenters. The zero-order chi connectivity index (χ0) is 15.4. The van der Waals surface area contributed by atoms with Gasteiger partial charge in [-0.15, -0.1) is 0 Å². The van der Waals surface area contributed by atoms with Gasteiger partial charge in [0.05, 0.1) is 15.5 Å². The summed E-state index contributed by atoms with van der Waals surface area (Å²) in [6.45, 7) is -0.0678. The van der Waals surface area contributed by atoms with Crippen molar-refractivity contribution in [1.82, 2.24) is 0 Å². The molecular formula is C14H10BrClFNO3. The Morgan fingerprint density at radius 2 is 2.10 bits per heavy atom. The van der Waals surface area contributed by atoms with Gasteiger partial charge in [0.1, 0.15) is 18.2 Å². The first kappa shape index (κ1) is 15.7. The number of nitro benzene ring substituents is 1. The van der Waals surface area contributed by atoms with Crippen LogP contribution in [0.5, 0.6) is 5.75 Å². The summed E-state index contributed by atoms with van der Waals surface area (Å²) in [5.74, 6) is 0.0722. The van der Waals surface area contributed by atoms with Crippen LogP contribution in [-0.4, -0.2) is 4.92 Å². The molecule has 0 aromatic heterocycles. The van der Waals surface area contributed by atoms with Crippen LogP contribution in [0.25, 0.3) is 0 Å². The van der Waals surface area contributed by atoms with Crippen LogP contribution in [0.3, 0.4) is 0 Å². The number of nitro groups is 1. The fraction of sp³-hybridized carbons (Fsp3) is 0.143. The summed E-state index contributed by atoms with van der Waals surface area (Å²) < 4.78 is 18.7. The first-order valence-corrected chi connectivity index (χ1v) is 7.42. The van der Waals surface area contributed by atoms with Gasteiger partial charge in [0, 0.05) is 17.0 Å². The molecule has 0 aliphatic heterocycles. The van der Waals surface area contributed by atoms with Crippen LogP contribution >= 0.6 is 27.5 Å². The Hall–Kier alpha value is -1.66. The largest absolute Gasteiger partial charge is 0.488 e. The topological polar surface area (TPSA) is 52.4 Å². The Kier molecular flexibility index (Phi) is 5.14. The van der Waals surface area contributed by atoms with Gasteiger partial charge in [-0.1, -0.05) is 33.6 Å². The quantitative estimate of drug-likeness (QED) is 0.426. The number of benzene rings is 2. The molecule has 0 aliphatic rings. The third-order valence-corrected chi connectivity index (χ3v) is 3.79. The number of rotatable bonds is 5. The van der Waals surface area contributed by atoms with Crippen molar-refractivity contribution in [3.63, 3.8) is 0 Å². The molecule has 4 nitrogen and oxygen atoms in total. The molecule has 0 atom stereocenters. The van der Waals surface area contributed by atoms with E-state index in [0.29, 0.717) is 16.6 Å². The second-order valence-electron chi connectivity index (χ2n) is 4.17. The third-order valence-electron chi connectivity index (χ3n) is 2.83. The minimum absolute atomic E-state index is 0.0678. The zero-order valence-electron chi connectivity index (χ0n) is 10.7. The number of nitrogens with zero attached hydrogens (tertiary/aromatic N) is 1. The molecule has 2 aromatic rings. The maximum absolute atomic E-state index is 13.1. The molecule has 0 radical (unpaired) electrons. The molecular weight excluding hydrogens is 365 g/mol. The molecule has 0 saturated heterocycles. The maximum atomic E-state index is 13.1. The van der Waals surface area contributed by atoms with Crippen molar-refractivity contribution >= 4 is 33.2 Å². The van der Waals surface area contributed by atoms with E-state index in [4.69, 9.17) is 16.3 Å². The smallest absolute Gasteiger partial charge is 0.277 e. The minimum Gasteiger partial charge on any atom is -0.488 e. The Labute approximate surface area is 133 Å². The summed E-state index contributed by atoms with van der Waals surface area (Å²) in [6.07, 6.45) is 0. The zero-order valence-corrected chi connectivity index (χ0v) is 13.0. The van der Waals surface area contributed by atoms with E-state index in [1.807, 2.05) is 0 Å². The van der Waals surface area contributed by atoms with Gasteiger partial charge in [-0.05, 0) is 24.3 Å². The molecule has 0 heterocycles. The summed E-state index contributed by atoms with van der Waals surface area (Å²) in [5.41, 5.74) is 0.795. The second kappa shape index (κ2) is 6.87. The van der Waals surface area contributed by atoms with Gasteiger partial charge in [0.25, 0.3) is 5.69 Å². The molecule has 2 aromatic carbocycles. The molecule has 0 aliphatic carbocycles. The molecule has 0 amide bonds. The molecule has 0 saturated carbocycles. The lowest BCUT2D eigenvalue weighted by molar-refractivity contribution is -0.385. The van der Waals surface area contributed by atoms with Crippen molar-refractivity contribution in [1.29, 1.82) is 0 Å². The van der Waals surface area contributed by atoms with E-state index in [-0.39, 0.29) is 28.7 Å². The van der Waals surface area contributed by atoms with E-state index in [9.17, 15) is 14.5 Å².